The molecule has 0 aromatic heterocycles. The SMILES string of the molecule is CCNC(C)(CN1CCCC(C(F)(F)F)C1)C(=O)OCC. The third-order valence-corrected chi connectivity index (χ3v) is 3.80. The van der Waals surface area contributed by atoms with E-state index in [1.54, 1.807) is 18.7 Å². The number of carbonyl (C=O) groups excluding carboxylic acids is 1. The van der Waals surface area contributed by atoms with E-state index >= 15 is 0 Å². The van der Waals surface area contributed by atoms with Gasteiger partial charge in [-0.05, 0) is 39.8 Å². The van der Waals surface area contributed by atoms with E-state index in [2.05, 4.69) is 5.32 Å². The average molecular weight is 310 g/mol. The normalized spacial score (nSPS) is 23.6. The molecule has 1 heterocycles. The fourth-order valence-corrected chi connectivity index (χ4v) is 2.79. The topological polar surface area (TPSA) is 41.6 Å². The summed E-state index contributed by atoms with van der Waals surface area (Å²) in [5.74, 6) is -1.72. The molecule has 2 atom stereocenters. The molecule has 1 saturated heterocycles. The molecular weight excluding hydrogens is 285 g/mol. The van der Waals surface area contributed by atoms with Crippen LogP contribution in [0, 0.1) is 5.92 Å². The average Bonchev–Trinajstić information content (AvgIpc) is 2.38. The summed E-state index contributed by atoms with van der Waals surface area (Å²) in [5.41, 5.74) is -0.974. The zero-order chi connectivity index (χ0) is 16.1. The minimum absolute atomic E-state index is 0.0517. The number of hydrogen-bond donors (Lipinski definition) is 1. The van der Waals surface area contributed by atoms with Crippen LogP contribution >= 0.6 is 0 Å². The Morgan fingerprint density at radius 2 is 2.05 bits per heavy atom. The van der Waals surface area contributed by atoms with Crippen molar-refractivity contribution in [3.8, 4) is 0 Å². The number of nitrogens with zero attached hydrogens (tertiary/aromatic N) is 1. The summed E-state index contributed by atoms with van der Waals surface area (Å²) >= 11 is 0. The van der Waals surface area contributed by atoms with Gasteiger partial charge in [0.2, 0.25) is 0 Å². The standard InChI is InChI=1S/C14H25F3N2O2/c1-4-18-13(3,12(20)21-5-2)10-19-8-6-7-11(9-19)14(15,16)17/h11,18H,4-10H2,1-3H3. The van der Waals surface area contributed by atoms with Gasteiger partial charge in [-0.25, -0.2) is 0 Å². The zero-order valence-corrected chi connectivity index (χ0v) is 12.9. The molecule has 4 nitrogen and oxygen atoms in total. The van der Waals surface area contributed by atoms with Gasteiger partial charge in [-0.2, -0.15) is 13.2 Å². The van der Waals surface area contributed by atoms with Crippen LogP contribution in [0.15, 0.2) is 0 Å². The molecule has 0 spiro atoms. The predicted molar refractivity (Wildman–Crippen MR) is 73.9 cm³/mol. The lowest BCUT2D eigenvalue weighted by Gasteiger charge is -2.39. The zero-order valence-electron chi connectivity index (χ0n) is 12.9. The lowest BCUT2D eigenvalue weighted by Crippen LogP contribution is -2.59. The molecule has 2 unspecified atom stereocenters. The lowest BCUT2D eigenvalue weighted by atomic mass is 9.94. The number of piperidine rings is 1. The van der Waals surface area contributed by atoms with Gasteiger partial charge in [-0.1, -0.05) is 6.92 Å². The molecule has 0 radical (unpaired) electrons. The third kappa shape index (κ3) is 5.14. The maximum absolute atomic E-state index is 12.8. The minimum atomic E-state index is -4.17. The Kier molecular flexibility index (Phi) is 6.46. The van der Waals surface area contributed by atoms with Gasteiger partial charge in [0.1, 0.15) is 5.54 Å². The van der Waals surface area contributed by atoms with E-state index in [1.807, 2.05) is 6.92 Å². The van der Waals surface area contributed by atoms with Gasteiger partial charge in [0.15, 0.2) is 0 Å². The van der Waals surface area contributed by atoms with Crippen molar-refractivity contribution in [1.29, 1.82) is 0 Å². The Morgan fingerprint density at radius 3 is 2.57 bits per heavy atom. The highest BCUT2D eigenvalue weighted by Gasteiger charge is 2.44. The Hall–Kier alpha value is -0.820. The number of hydrogen-bond acceptors (Lipinski definition) is 4. The monoisotopic (exact) mass is 310 g/mol. The molecule has 1 rings (SSSR count). The van der Waals surface area contributed by atoms with Gasteiger partial charge in [-0.3, -0.25) is 4.79 Å². The van der Waals surface area contributed by atoms with Crippen molar-refractivity contribution >= 4 is 5.97 Å². The van der Waals surface area contributed by atoms with E-state index in [9.17, 15) is 18.0 Å². The quantitative estimate of drug-likeness (QED) is 0.764. The molecule has 21 heavy (non-hydrogen) atoms. The molecule has 1 aliphatic rings. The predicted octanol–water partition coefficient (Wildman–Crippen LogP) is 2.19. The van der Waals surface area contributed by atoms with E-state index in [0.29, 0.717) is 19.5 Å². The second-order valence-corrected chi connectivity index (χ2v) is 5.70. The van der Waals surface area contributed by atoms with Crippen LogP contribution in [0.25, 0.3) is 0 Å². The van der Waals surface area contributed by atoms with Crippen molar-refractivity contribution in [1.82, 2.24) is 10.2 Å². The lowest BCUT2D eigenvalue weighted by molar-refractivity contribution is -0.187. The van der Waals surface area contributed by atoms with Crippen molar-refractivity contribution in [3.63, 3.8) is 0 Å². The van der Waals surface area contributed by atoms with Crippen LogP contribution in [0.3, 0.4) is 0 Å². The highest BCUT2D eigenvalue weighted by atomic mass is 19.4. The highest BCUT2D eigenvalue weighted by Crippen LogP contribution is 2.33. The van der Waals surface area contributed by atoms with Crippen LogP contribution in [0.1, 0.15) is 33.6 Å². The number of carbonyl (C=O) groups is 1. The molecule has 0 amide bonds. The molecule has 1 N–H and O–H groups in total. The Balaban J connectivity index is 2.72. The van der Waals surface area contributed by atoms with Crippen molar-refractivity contribution < 1.29 is 22.7 Å². The van der Waals surface area contributed by atoms with Crippen molar-refractivity contribution in [3.05, 3.63) is 0 Å². The number of nitrogens with one attached hydrogen (secondary N) is 1. The number of likely N-dealkylation sites (tertiary alicyclic amines) is 1. The molecule has 0 bridgehead atoms. The van der Waals surface area contributed by atoms with Gasteiger partial charge < -0.3 is 15.0 Å². The Morgan fingerprint density at radius 1 is 1.38 bits per heavy atom. The highest BCUT2D eigenvalue weighted by molar-refractivity contribution is 5.80. The summed E-state index contributed by atoms with van der Waals surface area (Å²) in [6.07, 6.45) is -3.51. The second-order valence-electron chi connectivity index (χ2n) is 5.70. The van der Waals surface area contributed by atoms with Crippen molar-refractivity contribution in [2.45, 2.75) is 45.3 Å². The third-order valence-electron chi connectivity index (χ3n) is 3.80. The van der Waals surface area contributed by atoms with Gasteiger partial charge in [0.05, 0.1) is 12.5 Å². The van der Waals surface area contributed by atoms with E-state index in [0.717, 1.165) is 0 Å². The number of rotatable bonds is 6. The van der Waals surface area contributed by atoms with E-state index < -0.39 is 23.6 Å². The van der Waals surface area contributed by atoms with Crippen LogP contribution in [0.5, 0.6) is 0 Å². The fraction of sp³-hybridized carbons (Fsp3) is 0.929. The maximum atomic E-state index is 12.8. The van der Waals surface area contributed by atoms with Gasteiger partial charge in [-0.15, -0.1) is 0 Å². The largest absolute Gasteiger partial charge is 0.465 e. The summed E-state index contributed by atoms with van der Waals surface area (Å²) in [4.78, 5) is 13.8. The number of ether oxygens (including phenoxy) is 1. The van der Waals surface area contributed by atoms with Crippen molar-refractivity contribution in [2.24, 2.45) is 5.92 Å². The molecule has 0 saturated carbocycles. The molecular formula is C14H25F3N2O2. The van der Waals surface area contributed by atoms with Crippen LogP contribution < -0.4 is 5.32 Å². The summed E-state index contributed by atoms with van der Waals surface area (Å²) in [5, 5.41) is 3.05. The summed E-state index contributed by atoms with van der Waals surface area (Å²) in [6, 6.07) is 0. The summed E-state index contributed by atoms with van der Waals surface area (Å²) in [6.45, 7) is 6.81. The Labute approximate surface area is 124 Å². The number of esters is 1. The van der Waals surface area contributed by atoms with Crippen LogP contribution in [0.4, 0.5) is 13.2 Å². The smallest absolute Gasteiger partial charge is 0.393 e. The number of likely N-dealkylation sites (N-methyl/N-ethyl adjacent to an activating group) is 1. The number of halogens is 3. The van der Waals surface area contributed by atoms with Gasteiger partial charge in [0.25, 0.3) is 0 Å². The first-order valence-corrected chi connectivity index (χ1v) is 7.44. The van der Waals surface area contributed by atoms with E-state index in [-0.39, 0.29) is 26.1 Å². The van der Waals surface area contributed by atoms with Gasteiger partial charge in [0, 0.05) is 13.1 Å². The van der Waals surface area contributed by atoms with Crippen LogP contribution in [0.2, 0.25) is 0 Å². The molecule has 1 aliphatic heterocycles. The van der Waals surface area contributed by atoms with Crippen LogP contribution in [-0.4, -0.2) is 55.4 Å². The fourth-order valence-electron chi connectivity index (χ4n) is 2.79. The second kappa shape index (κ2) is 7.45. The first kappa shape index (κ1) is 18.2. The molecule has 7 heteroatoms. The molecule has 124 valence electrons. The molecule has 0 aromatic carbocycles. The number of alkyl halides is 3. The maximum Gasteiger partial charge on any atom is 0.393 e. The first-order chi connectivity index (χ1) is 9.73. The molecule has 0 aliphatic carbocycles. The first-order valence-electron chi connectivity index (χ1n) is 7.44. The molecule has 1 fully saturated rings. The Bertz CT molecular complexity index is 350. The minimum Gasteiger partial charge on any atom is -0.465 e. The van der Waals surface area contributed by atoms with Crippen LogP contribution in [-0.2, 0) is 9.53 Å². The van der Waals surface area contributed by atoms with Crippen molar-refractivity contribution in [2.75, 3.05) is 32.8 Å². The summed E-state index contributed by atoms with van der Waals surface area (Å²) < 4.78 is 43.6. The van der Waals surface area contributed by atoms with E-state index in [4.69, 9.17) is 4.74 Å². The summed E-state index contributed by atoms with van der Waals surface area (Å²) in [7, 11) is 0. The van der Waals surface area contributed by atoms with E-state index in [1.165, 1.54) is 0 Å². The molecule has 0 aromatic rings. The van der Waals surface area contributed by atoms with Gasteiger partial charge >= 0.3 is 12.1 Å².